The van der Waals surface area contributed by atoms with E-state index < -0.39 is 16.1 Å². The Bertz CT molecular complexity index is 1130. The fourth-order valence-corrected chi connectivity index (χ4v) is 4.33. The summed E-state index contributed by atoms with van der Waals surface area (Å²) in [4.78, 5) is 15.9. The molecule has 0 aliphatic carbocycles. The van der Waals surface area contributed by atoms with Crippen LogP contribution in [0.15, 0.2) is 78.0 Å². The van der Waals surface area contributed by atoms with Gasteiger partial charge in [0.1, 0.15) is 5.75 Å². The van der Waals surface area contributed by atoms with Crippen LogP contribution in [-0.2, 0) is 21.4 Å². The molecule has 0 saturated carbocycles. The van der Waals surface area contributed by atoms with Gasteiger partial charge in [0.25, 0.3) is 5.91 Å². The molecule has 7 nitrogen and oxygen atoms in total. The highest BCUT2D eigenvalue weighted by Crippen LogP contribution is 2.28. The molecule has 0 bridgehead atoms. The lowest BCUT2D eigenvalue weighted by atomic mass is 10.1. The van der Waals surface area contributed by atoms with Gasteiger partial charge >= 0.3 is 0 Å². The number of hydrogen-bond donors (Lipinski definition) is 2. The molecule has 0 aliphatic rings. The lowest BCUT2D eigenvalue weighted by molar-refractivity contribution is -0.123. The molecule has 0 aliphatic heterocycles. The summed E-state index contributed by atoms with van der Waals surface area (Å²) in [5.41, 5.74) is 1.75. The molecular weight excluding hydrogens is 438 g/mol. The molecule has 0 saturated heterocycles. The summed E-state index contributed by atoms with van der Waals surface area (Å²) >= 11 is 6.19. The van der Waals surface area contributed by atoms with Gasteiger partial charge in [0.05, 0.1) is 9.92 Å². The number of benzene rings is 2. The molecule has 3 rings (SSSR count). The maximum atomic E-state index is 12.7. The van der Waals surface area contributed by atoms with Crippen LogP contribution in [0, 0.1) is 0 Å². The van der Waals surface area contributed by atoms with E-state index in [4.69, 9.17) is 16.3 Å². The number of nitrogens with zero attached hydrogens (tertiary/aromatic N) is 1. The standard InChI is InChI=1S/C22H22ClN3O4S/c1-16(18-5-3-2-4-6-18)26-31(28,29)19-7-8-21(20(23)13-19)30-15-22(27)25-14-17-9-11-24-12-10-17/h2-13,16,26H,14-15H2,1H3,(H,25,27)/t16-/m0/s1. The smallest absolute Gasteiger partial charge is 0.258 e. The third kappa shape index (κ3) is 6.52. The lowest BCUT2D eigenvalue weighted by Gasteiger charge is -2.15. The van der Waals surface area contributed by atoms with E-state index in [1.165, 1.54) is 18.2 Å². The Morgan fingerprint density at radius 3 is 2.48 bits per heavy atom. The molecule has 1 atom stereocenters. The molecule has 1 aromatic heterocycles. The maximum Gasteiger partial charge on any atom is 0.258 e. The number of hydrogen-bond acceptors (Lipinski definition) is 5. The van der Waals surface area contributed by atoms with Crippen LogP contribution in [0.5, 0.6) is 5.75 Å². The SMILES string of the molecule is C[C@H](NS(=O)(=O)c1ccc(OCC(=O)NCc2ccncc2)c(Cl)c1)c1ccccc1. The van der Waals surface area contributed by atoms with Gasteiger partial charge in [-0.2, -0.15) is 0 Å². The number of ether oxygens (including phenoxy) is 1. The molecular formula is C22H22ClN3O4S. The Morgan fingerprint density at radius 2 is 1.81 bits per heavy atom. The zero-order valence-corrected chi connectivity index (χ0v) is 18.4. The summed E-state index contributed by atoms with van der Waals surface area (Å²) in [6.45, 7) is 1.86. The molecule has 9 heteroatoms. The summed E-state index contributed by atoms with van der Waals surface area (Å²) in [6, 6.07) is 16.5. The predicted octanol–water partition coefficient (Wildman–Crippen LogP) is 3.47. The maximum absolute atomic E-state index is 12.7. The van der Waals surface area contributed by atoms with Crippen molar-refractivity contribution in [1.29, 1.82) is 0 Å². The molecule has 162 valence electrons. The van der Waals surface area contributed by atoms with Gasteiger partial charge in [0.2, 0.25) is 10.0 Å². The summed E-state index contributed by atoms with van der Waals surface area (Å²) in [6.07, 6.45) is 3.28. The first-order chi connectivity index (χ1) is 14.8. The van der Waals surface area contributed by atoms with Gasteiger partial charge in [-0.15, -0.1) is 0 Å². The quantitative estimate of drug-likeness (QED) is 0.510. The average molecular weight is 460 g/mol. The number of nitrogens with one attached hydrogen (secondary N) is 2. The summed E-state index contributed by atoms with van der Waals surface area (Å²) in [5, 5.41) is 2.82. The van der Waals surface area contributed by atoms with Gasteiger partial charge in [-0.1, -0.05) is 41.9 Å². The molecule has 0 unspecified atom stereocenters. The second-order valence-corrected chi connectivity index (χ2v) is 8.89. The van der Waals surface area contributed by atoms with Crippen LogP contribution in [0.4, 0.5) is 0 Å². The van der Waals surface area contributed by atoms with Crippen molar-refractivity contribution in [2.24, 2.45) is 0 Å². The van der Waals surface area contributed by atoms with Crippen LogP contribution < -0.4 is 14.8 Å². The van der Waals surface area contributed by atoms with Gasteiger partial charge in [0, 0.05) is 25.0 Å². The van der Waals surface area contributed by atoms with E-state index in [0.29, 0.717) is 6.54 Å². The molecule has 1 amide bonds. The van der Waals surface area contributed by atoms with Crippen LogP contribution in [0.2, 0.25) is 5.02 Å². The van der Waals surface area contributed by atoms with Crippen LogP contribution in [-0.4, -0.2) is 25.9 Å². The minimum atomic E-state index is -3.79. The van der Waals surface area contributed by atoms with E-state index in [1.807, 2.05) is 30.3 Å². The first-order valence-corrected chi connectivity index (χ1v) is 11.4. The number of aromatic nitrogens is 1. The first-order valence-electron chi connectivity index (χ1n) is 9.50. The fraction of sp³-hybridized carbons (Fsp3) is 0.182. The molecule has 3 aromatic rings. The Labute approximate surface area is 186 Å². The Morgan fingerprint density at radius 1 is 1.10 bits per heavy atom. The highest BCUT2D eigenvalue weighted by molar-refractivity contribution is 7.89. The second kappa shape index (κ2) is 10.4. The van der Waals surface area contributed by atoms with Crippen molar-refractivity contribution in [2.75, 3.05) is 6.61 Å². The van der Waals surface area contributed by atoms with Crippen LogP contribution in [0.25, 0.3) is 0 Å². The van der Waals surface area contributed by atoms with Crippen molar-refractivity contribution in [2.45, 2.75) is 24.4 Å². The monoisotopic (exact) mass is 459 g/mol. The Kier molecular flexibility index (Phi) is 7.62. The van der Waals surface area contributed by atoms with Crippen LogP contribution >= 0.6 is 11.6 Å². The second-order valence-electron chi connectivity index (χ2n) is 6.77. The minimum Gasteiger partial charge on any atom is -0.482 e. The van der Waals surface area contributed by atoms with Crippen molar-refractivity contribution >= 4 is 27.5 Å². The van der Waals surface area contributed by atoms with Gasteiger partial charge in [0.15, 0.2) is 6.61 Å². The topological polar surface area (TPSA) is 97.4 Å². The normalized spacial score (nSPS) is 12.2. The Balaban J connectivity index is 1.58. The van der Waals surface area contributed by atoms with E-state index in [2.05, 4.69) is 15.0 Å². The predicted molar refractivity (Wildman–Crippen MR) is 118 cm³/mol. The molecule has 0 spiro atoms. The largest absolute Gasteiger partial charge is 0.482 e. The Hall–Kier alpha value is -2.94. The third-order valence-electron chi connectivity index (χ3n) is 4.44. The van der Waals surface area contributed by atoms with E-state index in [9.17, 15) is 13.2 Å². The number of rotatable bonds is 9. The minimum absolute atomic E-state index is 0.00905. The zero-order valence-electron chi connectivity index (χ0n) is 16.8. The number of sulfonamides is 1. The number of carbonyl (C=O) groups excluding carboxylic acids is 1. The molecule has 2 aromatic carbocycles. The van der Waals surface area contributed by atoms with Crippen molar-refractivity contribution in [3.63, 3.8) is 0 Å². The number of carbonyl (C=O) groups is 1. The van der Waals surface area contributed by atoms with E-state index in [-0.39, 0.29) is 28.2 Å². The van der Waals surface area contributed by atoms with Crippen molar-refractivity contribution in [3.05, 3.63) is 89.2 Å². The van der Waals surface area contributed by atoms with Crippen LogP contribution in [0.3, 0.4) is 0 Å². The van der Waals surface area contributed by atoms with Gasteiger partial charge < -0.3 is 10.1 Å². The van der Waals surface area contributed by atoms with Crippen molar-refractivity contribution < 1.29 is 17.9 Å². The molecule has 0 radical (unpaired) electrons. The summed E-state index contributed by atoms with van der Waals surface area (Å²) < 4.78 is 33.4. The number of halogens is 1. The highest BCUT2D eigenvalue weighted by atomic mass is 35.5. The summed E-state index contributed by atoms with van der Waals surface area (Å²) in [5.74, 6) is -0.112. The van der Waals surface area contributed by atoms with E-state index in [0.717, 1.165) is 11.1 Å². The zero-order chi connectivity index (χ0) is 22.3. The first kappa shape index (κ1) is 22.7. The van der Waals surface area contributed by atoms with E-state index in [1.54, 1.807) is 31.5 Å². The van der Waals surface area contributed by atoms with Crippen LogP contribution in [0.1, 0.15) is 24.1 Å². The summed E-state index contributed by atoms with van der Waals surface area (Å²) in [7, 11) is -3.79. The highest BCUT2D eigenvalue weighted by Gasteiger charge is 2.20. The number of pyridine rings is 1. The third-order valence-corrected chi connectivity index (χ3v) is 6.28. The fourth-order valence-electron chi connectivity index (χ4n) is 2.77. The molecule has 0 fully saturated rings. The van der Waals surface area contributed by atoms with Gasteiger partial charge in [-0.05, 0) is 48.4 Å². The molecule has 2 N–H and O–H groups in total. The lowest BCUT2D eigenvalue weighted by Crippen LogP contribution is -2.28. The van der Waals surface area contributed by atoms with Gasteiger partial charge in [-0.3, -0.25) is 9.78 Å². The molecule has 1 heterocycles. The van der Waals surface area contributed by atoms with Crippen molar-refractivity contribution in [1.82, 2.24) is 15.0 Å². The van der Waals surface area contributed by atoms with Crippen molar-refractivity contribution in [3.8, 4) is 5.75 Å². The van der Waals surface area contributed by atoms with E-state index >= 15 is 0 Å². The average Bonchev–Trinajstić information content (AvgIpc) is 2.77. The number of amides is 1. The van der Waals surface area contributed by atoms with Gasteiger partial charge in [-0.25, -0.2) is 13.1 Å². The molecule has 31 heavy (non-hydrogen) atoms.